The molecule has 22 heavy (non-hydrogen) atoms. The Morgan fingerprint density at radius 1 is 1.18 bits per heavy atom. The van der Waals surface area contributed by atoms with Crippen molar-refractivity contribution in [3.05, 3.63) is 0 Å². The Morgan fingerprint density at radius 3 is 2.68 bits per heavy atom. The summed E-state index contributed by atoms with van der Waals surface area (Å²) >= 11 is 0. The Labute approximate surface area is 139 Å². The maximum Gasteiger partial charge on any atom is 0.222 e. The molecule has 1 amide bonds. The molecule has 0 radical (unpaired) electrons. The lowest BCUT2D eigenvalue weighted by Gasteiger charge is -2.43. The van der Waals surface area contributed by atoms with Crippen LogP contribution in [0.3, 0.4) is 0 Å². The summed E-state index contributed by atoms with van der Waals surface area (Å²) in [5.41, 5.74) is 0. The fourth-order valence-electron chi connectivity index (χ4n) is 4.14. The van der Waals surface area contributed by atoms with Gasteiger partial charge in [-0.3, -0.25) is 4.79 Å². The normalized spacial score (nSPS) is 33.8. The molecule has 7 heteroatoms. The maximum absolute atomic E-state index is 12.5. The molecule has 1 N–H and O–H groups in total. The van der Waals surface area contributed by atoms with Crippen LogP contribution in [0.4, 0.5) is 0 Å². The van der Waals surface area contributed by atoms with E-state index in [0.29, 0.717) is 18.9 Å². The molecule has 3 fully saturated rings. The van der Waals surface area contributed by atoms with Gasteiger partial charge in [-0.1, -0.05) is 12.8 Å². The van der Waals surface area contributed by atoms with Gasteiger partial charge in [-0.2, -0.15) is 0 Å². The number of nitrogens with zero attached hydrogens (tertiary/aromatic N) is 1. The first kappa shape index (κ1) is 18.0. The van der Waals surface area contributed by atoms with Crippen LogP contribution in [0.5, 0.6) is 0 Å². The van der Waals surface area contributed by atoms with Gasteiger partial charge in [0.2, 0.25) is 5.91 Å². The first-order valence-corrected chi connectivity index (χ1v) is 10.0. The average Bonchev–Trinajstić information content (AvgIpc) is 2.98. The van der Waals surface area contributed by atoms with Crippen LogP contribution in [-0.4, -0.2) is 55.9 Å². The molecule has 0 bridgehead atoms. The van der Waals surface area contributed by atoms with E-state index in [4.69, 9.17) is 0 Å². The van der Waals surface area contributed by atoms with Gasteiger partial charge in [-0.05, 0) is 44.7 Å². The quantitative estimate of drug-likeness (QED) is 0.834. The monoisotopic (exact) mass is 350 g/mol. The van der Waals surface area contributed by atoms with Crippen LogP contribution in [0.25, 0.3) is 0 Å². The predicted molar refractivity (Wildman–Crippen MR) is 89.0 cm³/mol. The first-order valence-electron chi connectivity index (χ1n) is 8.30. The van der Waals surface area contributed by atoms with Gasteiger partial charge in [0.05, 0.1) is 11.0 Å². The van der Waals surface area contributed by atoms with Crippen molar-refractivity contribution in [3.8, 4) is 0 Å². The standard InChI is InChI=1S/C15H26N2O3S.ClH/c18-15(6-5-12-7-8-16-11-12)17-9-10-21(19,20)14-4-2-1-3-13(14)17;/h12-14,16H,1-11H2;1H. The van der Waals surface area contributed by atoms with Gasteiger partial charge in [-0.15, -0.1) is 12.4 Å². The van der Waals surface area contributed by atoms with E-state index in [2.05, 4.69) is 5.32 Å². The molecular formula is C15H27ClN2O3S. The summed E-state index contributed by atoms with van der Waals surface area (Å²) in [5.74, 6) is 0.948. The van der Waals surface area contributed by atoms with Crippen LogP contribution < -0.4 is 5.32 Å². The molecule has 2 saturated heterocycles. The summed E-state index contributed by atoms with van der Waals surface area (Å²) < 4.78 is 24.4. The Morgan fingerprint density at radius 2 is 1.95 bits per heavy atom. The predicted octanol–water partition coefficient (Wildman–Crippen LogP) is 1.37. The molecule has 2 aliphatic heterocycles. The van der Waals surface area contributed by atoms with Crippen LogP contribution in [0.15, 0.2) is 0 Å². The van der Waals surface area contributed by atoms with Gasteiger partial charge in [-0.25, -0.2) is 8.42 Å². The third-order valence-corrected chi connectivity index (χ3v) is 7.62. The maximum atomic E-state index is 12.5. The Bertz CT molecular complexity index is 491. The summed E-state index contributed by atoms with van der Waals surface area (Å²) in [6.45, 7) is 2.49. The molecule has 3 atom stereocenters. The molecule has 1 aliphatic carbocycles. The Kier molecular flexibility index (Phi) is 6.14. The van der Waals surface area contributed by atoms with Crippen molar-refractivity contribution in [2.75, 3.05) is 25.4 Å². The Balaban J connectivity index is 0.00000176. The zero-order chi connectivity index (χ0) is 14.9. The van der Waals surface area contributed by atoms with Crippen LogP contribution in [0, 0.1) is 5.92 Å². The summed E-state index contributed by atoms with van der Waals surface area (Å²) in [4.78, 5) is 14.4. The molecule has 0 spiro atoms. The van der Waals surface area contributed by atoms with E-state index < -0.39 is 9.84 Å². The number of sulfone groups is 1. The highest BCUT2D eigenvalue weighted by atomic mass is 35.5. The molecule has 0 aromatic heterocycles. The number of rotatable bonds is 3. The number of fused-ring (bicyclic) bond motifs is 1. The number of carbonyl (C=O) groups is 1. The molecule has 3 unspecified atom stereocenters. The topological polar surface area (TPSA) is 66.5 Å². The van der Waals surface area contributed by atoms with Crippen molar-refractivity contribution in [2.45, 2.75) is 56.2 Å². The average molecular weight is 351 g/mol. The molecular weight excluding hydrogens is 324 g/mol. The molecule has 0 aromatic rings. The van der Waals surface area contributed by atoms with Crippen LogP contribution >= 0.6 is 12.4 Å². The number of hydrogen-bond donors (Lipinski definition) is 1. The van der Waals surface area contributed by atoms with Crippen molar-refractivity contribution >= 4 is 28.2 Å². The lowest BCUT2D eigenvalue weighted by Crippen LogP contribution is -2.57. The molecule has 5 nitrogen and oxygen atoms in total. The van der Waals surface area contributed by atoms with Gasteiger partial charge >= 0.3 is 0 Å². The summed E-state index contributed by atoms with van der Waals surface area (Å²) in [6.07, 6.45) is 6.31. The molecule has 128 valence electrons. The van der Waals surface area contributed by atoms with Gasteiger partial charge in [0.1, 0.15) is 0 Å². The molecule has 3 rings (SSSR count). The van der Waals surface area contributed by atoms with Gasteiger partial charge in [0, 0.05) is 19.0 Å². The van der Waals surface area contributed by atoms with E-state index in [0.717, 1.165) is 51.6 Å². The van der Waals surface area contributed by atoms with Crippen molar-refractivity contribution in [2.24, 2.45) is 5.92 Å². The Hall–Kier alpha value is -0.330. The van der Waals surface area contributed by atoms with E-state index in [1.807, 2.05) is 4.90 Å². The second-order valence-corrected chi connectivity index (χ2v) is 9.08. The fraction of sp³-hybridized carbons (Fsp3) is 0.933. The number of halogens is 1. The first-order chi connectivity index (χ1) is 10.1. The van der Waals surface area contributed by atoms with Crippen molar-refractivity contribution in [1.82, 2.24) is 10.2 Å². The number of carbonyl (C=O) groups excluding carboxylic acids is 1. The van der Waals surface area contributed by atoms with E-state index >= 15 is 0 Å². The summed E-state index contributed by atoms with van der Waals surface area (Å²) in [5, 5.41) is 3.03. The molecule has 1 saturated carbocycles. The number of hydrogen-bond acceptors (Lipinski definition) is 4. The van der Waals surface area contributed by atoms with Gasteiger partial charge in [0.15, 0.2) is 9.84 Å². The lowest BCUT2D eigenvalue weighted by atomic mass is 9.92. The van der Waals surface area contributed by atoms with Crippen molar-refractivity contribution in [1.29, 1.82) is 0 Å². The second-order valence-electron chi connectivity index (χ2n) is 6.74. The van der Waals surface area contributed by atoms with E-state index in [1.54, 1.807) is 0 Å². The third-order valence-electron chi connectivity index (χ3n) is 5.40. The minimum Gasteiger partial charge on any atom is -0.337 e. The van der Waals surface area contributed by atoms with E-state index in [9.17, 15) is 13.2 Å². The van der Waals surface area contributed by atoms with E-state index in [1.165, 1.54) is 0 Å². The highest BCUT2D eigenvalue weighted by molar-refractivity contribution is 7.92. The molecule has 3 aliphatic rings. The van der Waals surface area contributed by atoms with E-state index in [-0.39, 0.29) is 35.4 Å². The largest absolute Gasteiger partial charge is 0.337 e. The van der Waals surface area contributed by atoms with Gasteiger partial charge in [0.25, 0.3) is 0 Å². The summed E-state index contributed by atoms with van der Waals surface area (Å²) in [7, 11) is -2.98. The van der Waals surface area contributed by atoms with Crippen LogP contribution in [0.2, 0.25) is 0 Å². The highest BCUT2D eigenvalue weighted by Crippen LogP contribution is 2.32. The number of amides is 1. The molecule has 2 heterocycles. The second kappa shape index (κ2) is 7.49. The smallest absolute Gasteiger partial charge is 0.222 e. The highest BCUT2D eigenvalue weighted by Gasteiger charge is 2.44. The van der Waals surface area contributed by atoms with Gasteiger partial charge < -0.3 is 10.2 Å². The number of nitrogens with one attached hydrogen (secondary N) is 1. The fourth-order valence-corrected chi connectivity index (χ4v) is 6.18. The lowest BCUT2D eigenvalue weighted by molar-refractivity contribution is -0.134. The minimum atomic E-state index is -2.98. The zero-order valence-corrected chi connectivity index (χ0v) is 14.6. The van der Waals surface area contributed by atoms with Crippen LogP contribution in [0.1, 0.15) is 44.9 Å². The van der Waals surface area contributed by atoms with Crippen LogP contribution in [-0.2, 0) is 14.6 Å². The molecule has 0 aromatic carbocycles. The SMILES string of the molecule is Cl.O=C(CCC1CCNC1)N1CCS(=O)(=O)C2CCCCC21. The van der Waals surface area contributed by atoms with Crippen molar-refractivity contribution < 1.29 is 13.2 Å². The third kappa shape index (κ3) is 3.77. The van der Waals surface area contributed by atoms with Crippen molar-refractivity contribution in [3.63, 3.8) is 0 Å². The minimum absolute atomic E-state index is 0. The zero-order valence-electron chi connectivity index (χ0n) is 13.0. The summed E-state index contributed by atoms with van der Waals surface area (Å²) in [6, 6.07) is -0.0493.